The molecule has 5 heteroatoms. The summed E-state index contributed by atoms with van der Waals surface area (Å²) in [4.78, 5) is 0.171. The lowest BCUT2D eigenvalue weighted by atomic mass is 10.1. The second kappa shape index (κ2) is 6.28. The molecular weight excluding hydrogens is 284 g/mol. The van der Waals surface area contributed by atoms with Gasteiger partial charge in [0.05, 0.1) is 5.69 Å². The third kappa shape index (κ3) is 3.83. The van der Waals surface area contributed by atoms with E-state index in [2.05, 4.69) is 4.72 Å². The van der Waals surface area contributed by atoms with Gasteiger partial charge < -0.3 is 5.73 Å². The van der Waals surface area contributed by atoms with Crippen LogP contribution in [0.5, 0.6) is 0 Å². The topological polar surface area (TPSA) is 72.2 Å². The van der Waals surface area contributed by atoms with Gasteiger partial charge in [0.2, 0.25) is 10.0 Å². The maximum absolute atomic E-state index is 12.5. The van der Waals surface area contributed by atoms with Gasteiger partial charge in [0, 0.05) is 6.04 Å². The number of nitrogen functional groups attached to an aromatic ring is 1. The Hall–Kier alpha value is -1.85. The molecule has 21 heavy (non-hydrogen) atoms. The number of hydrogen-bond acceptors (Lipinski definition) is 3. The van der Waals surface area contributed by atoms with E-state index < -0.39 is 10.0 Å². The molecule has 2 aromatic carbocycles. The third-order valence-electron chi connectivity index (χ3n) is 3.25. The van der Waals surface area contributed by atoms with E-state index in [1.165, 1.54) is 0 Å². The van der Waals surface area contributed by atoms with Gasteiger partial charge in [-0.05, 0) is 37.5 Å². The van der Waals surface area contributed by atoms with E-state index in [-0.39, 0.29) is 16.6 Å². The Labute approximate surface area is 126 Å². The zero-order chi connectivity index (χ0) is 15.5. The molecule has 2 rings (SSSR count). The van der Waals surface area contributed by atoms with Gasteiger partial charge in [-0.25, -0.2) is 13.1 Å². The van der Waals surface area contributed by atoms with Crippen molar-refractivity contribution in [2.24, 2.45) is 0 Å². The average Bonchev–Trinajstić information content (AvgIpc) is 2.38. The Balaban J connectivity index is 2.18. The predicted octanol–water partition coefficient (Wildman–Crippen LogP) is 2.49. The SMILES string of the molecule is Cc1cccc(N)c1S(=O)(=O)NC(C)Cc1ccccc1. The van der Waals surface area contributed by atoms with Crippen LogP contribution in [0, 0.1) is 6.92 Å². The minimum atomic E-state index is -3.62. The molecule has 0 radical (unpaired) electrons. The number of aryl methyl sites for hydroxylation is 1. The number of anilines is 1. The van der Waals surface area contributed by atoms with Crippen molar-refractivity contribution in [3.05, 3.63) is 59.7 Å². The first kappa shape index (κ1) is 15.5. The molecule has 3 N–H and O–H groups in total. The number of nitrogens with one attached hydrogen (secondary N) is 1. The fraction of sp³-hybridized carbons (Fsp3) is 0.250. The largest absolute Gasteiger partial charge is 0.398 e. The number of sulfonamides is 1. The average molecular weight is 304 g/mol. The standard InChI is InChI=1S/C16H20N2O2S/c1-12-7-6-10-15(17)16(12)21(19,20)18-13(2)11-14-8-4-3-5-9-14/h3-10,13,18H,11,17H2,1-2H3. The van der Waals surface area contributed by atoms with Crippen LogP contribution in [-0.4, -0.2) is 14.5 Å². The van der Waals surface area contributed by atoms with Crippen LogP contribution in [0.3, 0.4) is 0 Å². The molecule has 0 heterocycles. The third-order valence-corrected chi connectivity index (χ3v) is 5.06. The van der Waals surface area contributed by atoms with E-state index in [0.717, 1.165) is 5.56 Å². The smallest absolute Gasteiger partial charge is 0.243 e. The maximum Gasteiger partial charge on any atom is 0.243 e. The highest BCUT2D eigenvalue weighted by Crippen LogP contribution is 2.22. The van der Waals surface area contributed by atoms with Gasteiger partial charge in [-0.2, -0.15) is 0 Å². The van der Waals surface area contributed by atoms with E-state index in [1.807, 2.05) is 37.3 Å². The second-order valence-corrected chi connectivity index (χ2v) is 6.86. The first-order valence-corrected chi connectivity index (χ1v) is 8.30. The van der Waals surface area contributed by atoms with Crippen LogP contribution in [-0.2, 0) is 16.4 Å². The molecule has 112 valence electrons. The van der Waals surface area contributed by atoms with Crippen LogP contribution in [0.2, 0.25) is 0 Å². The van der Waals surface area contributed by atoms with E-state index in [9.17, 15) is 8.42 Å². The van der Waals surface area contributed by atoms with Crippen molar-refractivity contribution in [3.63, 3.8) is 0 Å². The van der Waals surface area contributed by atoms with E-state index in [4.69, 9.17) is 5.73 Å². The summed E-state index contributed by atoms with van der Waals surface area (Å²) in [7, 11) is -3.62. The molecule has 0 fully saturated rings. The van der Waals surface area contributed by atoms with Gasteiger partial charge in [-0.1, -0.05) is 42.5 Å². The lowest BCUT2D eigenvalue weighted by molar-refractivity contribution is 0.559. The second-order valence-electron chi connectivity index (χ2n) is 5.21. The van der Waals surface area contributed by atoms with Gasteiger partial charge in [0.15, 0.2) is 0 Å². The van der Waals surface area contributed by atoms with Gasteiger partial charge in [0.25, 0.3) is 0 Å². The minimum Gasteiger partial charge on any atom is -0.398 e. The molecule has 0 aliphatic carbocycles. The fourth-order valence-electron chi connectivity index (χ4n) is 2.38. The molecule has 1 unspecified atom stereocenters. The minimum absolute atomic E-state index is 0.171. The van der Waals surface area contributed by atoms with Crippen LogP contribution in [0.15, 0.2) is 53.4 Å². The molecule has 4 nitrogen and oxygen atoms in total. The summed E-state index contributed by atoms with van der Waals surface area (Å²) in [6.45, 7) is 3.59. The highest BCUT2D eigenvalue weighted by molar-refractivity contribution is 7.89. The van der Waals surface area contributed by atoms with Gasteiger partial charge >= 0.3 is 0 Å². The molecule has 2 aromatic rings. The number of nitrogens with two attached hydrogens (primary N) is 1. The van der Waals surface area contributed by atoms with Crippen molar-refractivity contribution in [1.29, 1.82) is 0 Å². The van der Waals surface area contributed by atoms with Crippen molar-refractivity contribution in [3.8, 4) is 0 Å². The van der Waals surface area contributed by atoms with E-state index >= 15 is 0 Å². The molecule has 0 amide bonds. The molecule has 0 aliphatic rings. The maximum atomic E-state index is 12.5. The Bertz CT molecular complexity index is 692. The Morgan fingerprint density at radius 3 is 2.38 bits per heavy atom. The zero-order valence-corrected chi connectivity index (χ0v) is 13.0. The van der Waals surface area contributed by atoms with Gasteiger partial charge in [-0.3, -0.25) is 0 Å². The summed E-state index contributed by atoms with van der Waals surface area (Å²) >= 11 is 0. The normalized spacial score (nSPS) is 13.0. The van der Waals surface area contributed by atoms with Gasteiger partial charge in [0.1, 0.15) is 4.90 Å². The number of benzene rings is 2. The summed E-state index contributed by atoms with van der Waals surface area (Å²) in [5, 5.41) is 0. The molecule has 0 bridgehead atoms. The monoisotopic (exact) mass is 304 g/mol. The highest BCUT2D eigenvalue weighted by atomic mass is 32.2. The number of hydrogen-bond donors (Lipinski definition) is 2. The highest BCUT2D eigenvalue weighted by Gasteiger charge is 2.22. The summed E-state index contributed by atoms with van der Waals surface area (Å²) in [6, 6.07) is 14.7. The lowest BCUT2D eigenvalue weighted by Crippen LogP contribution is -2.34. The van der Waals surface area contributed by atoms with E-state index in [0.29, 0.717) is 12.0 Å². The van der Waals surface area contributed by atoms with Crippen molar-refractivity contribution in [1.82, 2.24) is 4.72 Å². The predicted molar refractivity (Wildman–Crippen MR) is 85.5 cm³/mol. The van der Waals surface area contributed by atoms with Crippen molar-refractivity contribution < 1.29 is 8.42 Å². The summed E-state index contributed by atoms with van der Waals surface area (Å²) in [5.74, 6) is 0. The van der Waals surface area contributed by atoms with Crippen molar-refractivity contribution >= 4 is 15.7 Å². The lowest BCUT2D eigenvalue weighted by Gasteiger charge is -2.16. The fourth-order valence-corrected chi connectivity index (χ4v) is 3.98. The molecule has 0 spiro atoms. The Morgan fingerprint density at radius 2 is 1.76 bits per heavy atom. The summed E-state index contributed by atoms with van der Waals surface area (Å²) in [5.41, 5.74) is 7.83. The van der Waals surface area contributed by atoms with Crippen LogP contribution < -0.4 is 10.5 Å². The van der Waals surface area contributed by atoms with Crippen LogP contribution in [0.4, 0.5) is 5.69 Å². The quantitative estimate of drug-likeness (QED) is 0.834. The zero-order valence-electron chi connectivity index (χ0n) is 12.2. The van der Waals surface area contributed by atoms with Crippen molar-refractivity contribution in [2.75, 3.05) is 5.73 Å². The Kier molecular flexibility index (Phi) is 4.65. The van der Waals surface area contributed by atoms with Crippen LogP contribution in [0.1, 0.15) is 18.1 Å². The van der Waals surface area contributed by atoms with E-state index in [1.54, 1.807) is 25.1 Å². The first-order chi connectivity index (χ1) is 9.90. The van der Waals surface area contributed by atoms with Crippen LogP contribution >= 0.6 is 0 Å². The molecule has 0 saturated heterocycles. The molecular formula is C16H20N2O2S. The number of rotatable bonds is 5. The Morgan fingerprint density at radius 1 is 1.10 bits per heavy atom. The van der Waals surface area contributed by atoms with Crippen molar-refractivity contribution in [2.45, 2.75) is 31.2 Å². The summed E-state index contributed by atoms with van der Waals surface area (Å²) < 4.78 is 27.7. The van der Waals surface area contributed by atoms with Crippen LogP contribution in [0.25, 0.3) is 0 Å². The first-order valence-electron chi connectivity index (χ1n) is 6.81. The molecule has 0 aliphatic heterocycles. The molecule has 1 atom stereocenters. The van der Waals surface area contributed by atoms with Gasteiger partial charge in [-0.15, -0.1) is 0 Å². The molecule has 0 saturated carbocycles. The molecule has 0 aromatic heterocycles. The summed E-state index contributed by atoms with van der Waals surface area (Å²) in [6.07, 6.45) is 0.631.